The van der Waals surface area contributed by atoms with Gasteiger partial charge in [0.1, 0.15) is 6.04 Å². The summed E-state index contributed by atoms with van der Waals surface area (Å²) in [5.41, 5.74) is 0.982. The molecule has 2 fully saturated rings. The molecular formula is C16H18N2O4. The van der Waals surface area contributed by atoms with Gasteiger partial charge in [0.15, 0.2) is 0 Å². The smallest absolute Gasteiger partial charge is 0.326 e. The van der Waals surface area contributed by atoms with E-state index < -0.39 is 12.0 Å². The predicted molar refractivity (Wildman–Crippen MR) is 79.5 cm³/mol. The minimum absolute atomic E-state index is 0.0193. The highest BCUT2D eigenvalue weighted by molar-refractivity contribution is 5.99. The summed E-state index contributed by atoms with van der Waals surface area (Å²) in [6.45, 7) is 0.453. The van der Waals surface area contributed by atoms with Crippen LogP contribution in [0.2, 0.25) is 0 Å². The van der Waals surface area contributed by atoms with Crippen LogP contribution in [0.1, 0.15) is 36.0 Å². The number of amides is 2. The van der Waals surface area contributed by atoms with Gasteiger partial charge in [-0.15, -0.1) is 0 Å². The van der Waals surface area contributed by atoms with Gasteiger partial charge in [0.25, 0.3) is 5.91 Å². The Kier molecular flexibility index (Phi) is 3.83. The summed E-state index contributed by atoms with van der Waals surface area (Å²) in [6.07, 6.45) is 3.01. The number of nitrogens with zero attached hydrogens (tertiary/aromatic N) is 1. The van der Waals surface area contributed by atoms with Crippen molar-refractivity contribution in [2.75, 3.05) is 11.9 Å². The molecule has 6 nitrogen and oxygen atoms in total. The monoisotopic (exact) mass is 302 g/mol. The van der Waals surface area contributed by atoms with Crippen molar-refractivity contribution in [2.45, 2.75) is 31.7 Å². The van der Waals surface area contributed by atoms with Gasteiger partial charge in [-0.3, -0.25) is 9.59 Å². The number of carbonyl (C=O) groups is 3. The van der Waals surface area contributed by atoms with E-state index in [1.165, 1.54) is 4.90 Å². The molecule has 1 aromatic carbocycles. The standard InChI is InChI=1S/C16H18N2O4/c19-14(10-6-7-10)17-12-4-1-3-11(9-12)15(20)18-8-2-5-13(18)16(21)22/h1,3-4,9-10,13H,2,5-8H2,(H,17,19)(H,21,22). The first-order valence-electron chi connectivity index (χ1n) is 7.51. The second-order valence-electron chi connectivity index (χ2n) is 5.84. The van der Waals surface area contributed by atoms with Crippen LogP contribution < -0.4 is 5.32 Å². The lowest BCUT2D eigenvalue weighted by atomic mass is 10.1. The maximum Gasteiger partial charge on any atom is 0.326 e. The van der Waals surface area contributed by atoms with Crippen molar-refractivity contribution in [3.8, 4) is 0 Å². The van der Waals surface area contributed by atoms with E-state index in [1.54, 1.807) is 24.3 Å². The second kappa shape index (κ2) is 5.79. The van der Waals surface area contributed by atoms with Crippen molar-refractivity contribution in [3.05, 3.63) is 29.8 Å². The van der Waals surface area contributed by atoms with Gasteiger partial charge in [-0.1, -0.05) is 6.07 Å². The molecule has 0 spiro atoms. The number of nitrogens with one attached hydrogen (secondary N) is 1. The highest BCUT2D eigenvalue weighted by atomic mass is 16.4. The van der Waals surface area contributed by atoms with Crippen LogP contribution in [0.5, 0.6) is 0 Å². The Labute approximate surface area is 128 Å². The van der Waals surface area contributed by atoms with Gasteiger partial charge in [0.2, 0.25) is 5.91 Å². The Morgan fingerprint density at radius 2 is 1.95 bits per heavy atom. The Morgan fingerprint density at radius 3 is 2.64 bits per heavy atom. The first kappa shape index (κ1) is 14.6. The molecule has 3 rings (SSSR count). The van der Waals surface area contributed by atoms with Crippen LogP contribution in [0.3, 0.4) is 0 Å². The number of aliphatic carboxylic acids is 1. The number of hydrogen-bond donors (Lipinski definition) is 2. The fourth-order valence-electron chi connectivity index (χ4n) is 2.75. The number of carboxylic acids is 1. The van der Waals surface area contributed by atoms with Gasteiger partial charge in [0, 0.05) is 23.7 Å². The average Bonchev–Trinajstić information content (AvgIpc) is 3.23. The molecule has 2 N–H and O–H groups in total. The number of hydrogen-bond acceptors (Lipinski definition) is 3. The molecule has 6 heteroatoms. The van der Waals surface area contributed by atoms with Crippen LogP contribution in [0, 0.1) is 5.92 Å². The molecule has 1 saturated carbocycles. The second-order valence-corrected chi connectivity index (χ2v) is 5.84. The molecule has 116 valence electrons. The Bertz CT molecular complexity index is 624. The SMILES string of the molecule is O=C(Nc1cccc(C(=O)N2CCCC2C(=O)O)c1)C1CC1. The third kappa shape index (κ3) is 2.95. The maximum atomic E-state index is 12.5. The van der Waals surface area contributed by atoms with Crippen LogP contribution in [0.25, 0.3) is 0 Å². The number of anilines is 1. The number of benzene rings is 1. The van der Waals surface area contributed by atoms with E-state index in [0.29, 0.717) is 30.6 Å². The molecule has 22 heavy (non-hydrogen) atoms. The summed E-state index contributed by atoms with van der Waals surface area (Å²) in [6, 6.07) is 5.93. The van der Waals surface area contributed by atoms with Crippen molar-refractivity contribution in [2.24, 2.45) is 5.92 Å². The molecule has 1 atom stereocenters. The maximum absolute atomic E-state index is 12.5. The Balaban J connectivity index is 1.74. The molecule has 1 aliphatic heterocycles. The molecule has 0 bridgehead atoms. The summed E-state index contributed by atoms with van der Waals surface area (Å²) in [7, 11) is 0. The fourth-order valence-corrected chi connectivity index (χ4v) is 2.75. The third-order valence-corrected chi connectivity index (χ3v) is 4.12. The topological polar surface area (TPSA) is 86.7 Å². The summed E-state index contributed by atoms with van der Waals surface area (Å²) in [5, 5.41) is 12.0. The quantitative estimate of drug-likeness (QED) is 0.886. The third-order valence-electron chi connectivity index (χ3n) is 4.12. The first-order chi connectivity index (χ1) is 10.6. The summed E-state index contributed by atoms with van der Waals surface area (Å²) < 4.78 is 0. The molecule has 1 aromatic rings. The molecule has 1 saturated heterocycles. The van der Waals surface area contributed by atoms with E-state index in [0.717, 1.165) is 12.8 Å². The molecule has 0 radical (unpaired) electrons. The fraction of sp³-hybridized carbons (Fsp3) is 0.438. The lowest BCUT2D eigenvalue weighted by molar-refractivity contribution is -0.141. The van der Waals surface area contributed by atoms with E-state index in [1.807, 2.05) is 0 Å². The zero-order valence-electron chi connectivity index (χ0n) is 12.1. The van der Waals surface area contributed by atoms with Crippen molar-refractivity contribution in [1.82, 2.24) is 4.90 Å². The van der Waals surface area contributed by atoms with Gasteiger partial charge in [0.05, 0.1) is 0 Å². The van der Waals surface area contributed by atoms with Crippen molar-refractivity contribution in [1.29, 1.82) is 0 Å². The van der Waals surface area contributed by atoms with Gasteiger partial charge < -0.3 is 15.3 Å². The average molecular weight is 302 g/mol. The zero-order valence-corrected chi connectivity index (χ0v) is 12.1. The molecular weight excluding hydrogens is 284 g/mol. The summed E-state index contributed by atoms with van der Waals surface area (Å²) >= 11 is 0. The van der Waals surface area contributed by atoms with Crippen molar-refractivity contribution >= 4 is 23.5 Å². The van der Waals surface area contributed by atoms with E-state index >= 15 is 0 Å². The number of likely N-dealkylation sites (tertiary alicyclic amines) is 1. The largest absolute Gasteiger partial charge is 0.480 e. The Hall–Kier alpha value is -2.37. The van der Waals surface area contributed by atoms with Gasteiger partial charge in [-0.2, -0.15) is 0 Å². The summed E-state index contributed by atoms with van der Waals surface area (Å²) in [4.78, 5) is 36.8. The Morgan fingerprint density at radius 1 is 1.18 bits per heavy atom. The molecule has 2 amide bonds. The van der Waals surface area contributed by atoms with Crippen LogP contribution in [-0.2, 0) is 9.59 Å². The molecule has 2 aliphatic rings. The molecule has 0 aromatic heterocycles. The number of rotatable bonds is 4. The summed E-state index contributed by atoms with van der Waals surface area (Å²) in [5.74, 6) is -1.19. The minimum Gasteiger partial charge on any atom is -0.480 e. The first-order valence-corrected chi connectivity index (χ1v) is 7.51. The lowest BCUT2D eigenvalue weighted by Crippen LogP contribution is -2.40. The number of carbonyl (C=O) groups excluding carboxylic acids is 2. The van der Waals surface area contributed by atoms with Crippen LogP contribution in [0.4, 0.5) is 5.69 Å². The van der Waals surface area contributed by atoms with Crippen molar-refractivity contribution in [3.63, 3.8) is 0 Å². The lowest BCUT2D eigenvalue weighted by Gasteiger charge is -2.21. The van der Waals surface area contributed by atoms with E-state index in [4.69, 9.17) is 0 Å². The van der Waals surface area contributed by atoms with E-state index in [9.17, 15) is 19.5 Å². The minimum atomic E-state index is -0.968. The van der Waals surface area contributed by atoms with Gasteiger partial charge in [-0.05, 0) is 43.9 Å². The molecule has 1 aliphatic carbocycles. The molecule has 1 unspecified atom stereocenters. The molecule has 1 heterocycles. The van der Waals surface area contributed by atoms with Crippen LogP contribution >= 0.6 is 0 Å². The highest BCUT2D eigenvalue weighted by Crippen LogP contribution is 2.30. The van der Waals surface area contributed by atoms with Gasteiger partial charge >= 0.3 is 5.97 Å². The number of carboxylic acid groups (broad SMARTS) is 1. The highest BCUT2D eigenvalue weighted by Gasteiger charge is 2.34. The normalized spacial score (nSPS) is 20.7. The van der Waals surface area contributed by atoms with Gasteiger partial charge in [-0.25, -0.2) is 4.79 Å². The predicted octanol–water partition coefficient (Wildman–Crippen LogP) is 1.72. The van der Waals surface area contributed by atoms with E-state index in [2.05, 4.69) is 5.32 Å². The van der Waals surface area contributed by atoms with Crippen LogP contribution in [-0.4, -0.2) is 40.4 Å². The van der Waals surface area contributed by atoms with Crippen LogP contribution in [0.15, 0.2) is 24.3 Å². The van der Waals surface area contributed by atoms with Crippen molar-refractivity contribution < 1.29 is 19.5 Å². The zero-order chi connectivity index (χ0) is 15.7. The van der Waals surface area contributed by atoms with E-state index in [-0.39, 0.29) is 17.7 Å².